The van der Waals surface area contributed by atoms with Crippen LogP contribution in [-0.2, 0) is 9.53 Å². The summed E-state index contributed by atoms with van der Waals surface area (Å²) >= 11 is 0. The van der Waals surface area contributed by atoms with Gasteiger partial charge in [0.2, 0.25) is 0 Å². The molecule has 2 atom stereocenters. The fourth-order valence-electron chi connectivity index (χ4n) is 1.61. The summed E-state index contributed by atoms with van der Waals surface area (Å²) in [5.41, 5.74) is 0. The smallest absolute Gasteiger partial charge is 0.303 e. The van der Waals surface area contributed by atoms with Gasteiger partial charge in [0.05, 0.1) is 0 Å². The van der Waals surface area contributed by atoms with Gasteiger partial charge in [0.1, 0.15) is 6.10 Å². The molecule has 0 aromatic rings. The van der Waals surface area contributed by atoms with E-state index in [0.717, 1.165) is 12.8 Å². The van der Waals surface area contributed by atoms with Crippen molar-refractivity contribution in [2.45, 2.75) is 39.2 Å². The molecule has 0 aliphatic heterocycles. The Bertz CT molecular complexity index is 241. The first-order valence-electron chi connectivity index (χ1n) is 5.19. The van der Waals surface area contributed by atoms with Crippen molar-refractivity contribution in [1.29, 1.82) is 0 Å². The van der Waals surface area contributed by atoms with E-state index >= 15 is 0 Å². The van der Waals surface area contributed by atoms with E-state index in [1.165, 1.54) is 13.3 Å². The lowest BCUT2D eigenvalue weighted by Crippen LogP contribution is -2.09. The third kappa shape index (κ3) is 4.26. The van der Waals surface area contributed by atoms with Crippen LogP contribution in [0.2, 0.25) is 0 Å². The number of carbonyl (C=O) groups excluding carboxylic acids is 1. The Labute approximate surface area is 85.6 Å². The van der Waals surface area contributed by atoms with Gasteiger partial charge in [0.15, 0.2) is 0 Å². The van der Waals surface area contributed by atoms with Crippen LogP contribution in [0.15, 0.2) is 24.3 Å². The Morgan fingerprint density at radius 2 is 2.36 bits per heavy atom. The monoisotopic (exact) mass is 194 g/mol. The molecule has 2 nitrogen and oxygen atoms in total. The highest BCUT2D eigenvalue weighted by molar-refractivity contribution is 5.66. The predicted molar refractivity (Wildman–Crippen MR) is 56.8 cm³/mol. The quantitative estimate of drug-likeness (QED) is 0.510. The van der Waals surface area contributed by atoms with Crippen molar-refractivity contribution in [3.8, 4) is 0 Å². The fourth-order valence-corrected chi connectivity index (χ4v) is 1.61. The molecule has 0 saturated heterocycles. The minimum absolute atomic E-state index is 0.0987. The van der Waals surface area contributed by atoms with Crippen LogP contribution in [0, 0.1) is 5.92 Å². The molecule has 78 valence electrons. The molecule has 1 rings (SSSR count). The third-order valence-electron chi connectivity index (χ3n) is 2.32. The van der Waals surface area contributed by atoms with Crippen molar-refractivity contribution < 1.29 is 9.53 Å². The topological polar surface area (TPSA) is 26.3 Å². The molecule has 0 radical (unpaired) electrons. The number of hydrogen-bond acceptors (Lipinski definition) is 2. The molecule has 0 aromatic heterocycles. The lowest BCUT2D eigenvalue weighted by Gasteiger charge is -2.14. The Kier molecular flexibility index (Phi) is 4.44. The molecule has 2 heteroatoms. The van der Waals surface area contributed by atoms with Gasteiger partial charge in [-0.25, -0.2) is 0 Å². The van der Waals surface area contributed by atoms with Crippen LogP contribution in [0.1, 0.15) is 33.1 Å². The van der Waals surface area contributed by atoms with Crippen molar-refractivity contribution in [3.05, 3.63) is 24.3 Å². The first-order chi connectivity index (χ1) is 6.68. The van der Waals surface area contributed by atoms with Crippen LogP contribution in [0.5, 0.6) is 0 Å². The highest BCUT2D eigenvalue weighted by Crippen LogP contribution is 2.19. The molecule has 0 bridgehead atoms. The maximum atomic E-state index is 10.6. The lowest BCUT2D eigenvalue weighted by molar-refractivity contribution is -0.143. The zero-order valence-corrected chi connectivity index (χ0v) is 8.90. The summed E-state index contributed by atoms with van der Waals surface area (Å²) in [4.78, 5) is 10.6. The summed E-state index contributed by atoms with van der Waals surface area (Å²) in [7, 11) is 0. The van der Waals surface area contributed by atoms with Crippen LogP contribution in [0.3, 0.4) is 0 Å². The maximum Gasteiger partial charge on any atom is 0.303 e. The molecule has 0 spiro atoms. The highest BCUT2D eigenvalue weighted by atomic mass is 16.5. The summed E-state index contributed by atoms with van der Waals surface area (Å²) < 4.78 is 5.00. The Balaban J connectivity index is 2.30. The van der Waals surface area contributed by atoms with E-state index in [-0.39, 0.29) is 12.1 Å². The molecule has 1 aliphatic rings. The van der Waals surface area contributed by atoms with E-state index in [1.807, 2.05) is 13.0 Å². The molecule has 0 N–H and O–H groups in total. The molecule has 0 amide bonds. The average Bonchev–Trinajstić information content (AvgIpc) is 2.15. The van der Waals surface area contributed by atoms with Gasteiger partial charge >= 0.3 is 5.97 Å². The van der Waals surface area contributed by atoms with Crippen LogP contribution < -0.4 is 0 Å². The Morgan fingerprint density at radius 3 is 2.93 bits per heavy atom. The Morgan fingerprint density at radius 1 is 1.57 bits per heavy atom. The number of esters is 1. The predicted octanol–water partition coefficient (Wildman–Crippen LogP) is 2.85. The lowest BCUT2D eigenvalue weighted by atomic mass is 9.94. The highest BCUT2D eigenvalue weighted by Gasteiger charge is 2.06. The average molecular weight is 194 g/mol. The largest absolute Gasteiger partial charge is 0.459 e. The first kappa shape index (κ1) is 11.0. The SMILES string of the molecule is CC(=O)OC(C)/C=C/C1CC=CCC1. The summed E-state index contributed by atoms with van der Waals surface area (Å²) in [5.74, 6) is 0.406. The van der Waals surface area contributed by atoms with E-state index in [2.05, 4.69) is 18.2 Å². The Hall–Kier alpha value is -1.05. The van der Waals surface area contributed by atoms with E-state index < -0.39 is 0 Å². The van der Waals surface area contributed by atoms with Crippen LogP contribution >= 0.6 is 0 Å². The second kappa shape index (κ2) is 5.63. The van der Waals surface area contributed by atoms with Crippen LogP contribution in [0.4, 0.5) is 0 Å². The third-order valence-corrected chi connectivity index (χ3v) is 2.32. The van der Waals surface area contributed by atoms with E-state index in [4.69, 9.17) is 4.74 Å². The maximum absolute atomic E-state index is 10.6. The molecule has 0 aromatic carbocycles. The van der Waals surface area contributed by atoms with Gasteiger partial charge in [-0.2, -0.15) is 0 Å². The van der Waals surface area contributed by atoms with Gasteiger partial charge in [0, 0.05) is 6.92 Å². The second-order valence-corrected chi connectivity index (χ2v) is 3.74. The minimum Gasteiger partial charge on any atom is -0.459 e. The molecular weight excluding hydrogens is 176 g/mol. The standard InChI is InChI=1S/C12H18O2/c1-10(14-11(2)13)8-9-12-6-4-3-5-7-12/h3-4,8-10,12H,5-7H2,1-2H3/b9-8+. The van der Waals surface area contributed by atoms with Crippen molar-refractivity contribution >= 4 is 5.97 Å². The molecule has 0 fully saturated rings. The zero-order chi connectivity index (χ0) is 10.4. The van der Waals surface area contributed by atoms with E-state index in [9.17, 15) is 4.79 Å². The number of carbonyl (C=O) groups is 1. The van der Waals surface area contributed by atoms with Crippen molar-refractivity contribution in [1.82, 2.24) is 0 Å². The normalized spacial score (nSPS) is 23.7. The van der Waals surface area contributed by atoms with E-state index in [1.54, 1.807) is 0 Å². The van der Waals surface area contributed by atoms with Gasteiger partial charge in [-0.05, 0) is 38.2 Å². The zero-order valence-electron chi connectivity index (χ0n) is 8.90. The van der Waals surface area contributed by atoms with Gasteiger partial charge in [-0.1, -0.05) is 18.2 Å². The van der Waals surface area contributed by atoms with Gasteiger partial charge in [-0.3, -0.25) is 4.79 Å². The summed E-state index contributed by atoms with van der Waals surface area (Å²) in [6.45, 7) is 3.32. The van der Waals surface area contributed by atoms with Gasteiger partial charge in [-0.15, -0.1) is 0 Å². The van der Waals surface area contributed by atoms with Crippen molar-refractivity contribution in [3.63, 3.8) is 0 Å². The molecule has 2 unspecified atom stereocenters. The molecule has 0 saturated carbocycles. The number of ether oxygens (including phenoxy) is 1. The number of rotatable bonds is 3. The van der Waals surface area contributed by atoms with Gasteiger partial charge < -0.3 is 4.74 Å². The fraction of sp³-hybridized carbons (Fsp3) is 0.583. The van der Waals surface area contributed by atoms with E-state index in [0.29, 0.717) is 5.92 Å². The minimum atomic E-state index is -0.217. The van der Waals surface area contributed by atoms with Gasteiger partial charge in [0.25, 0.3) is 0 Å². The molecular formula is C12H18O2. The van der Waals surface area contributed by atoms with Crippen molar-refractivity contribution in [2.24, 2.45) is 5.92 Å². The number of hydrogen-bond donors (Lipinski definition) is 0. The summed E-state index contributed by atoms with van der Waals surface area (Å²) in [6, 6.07) is 0. The molecule has 0 heterocycles. The van der Waals surface area contributed by atoms with Crippen LogP contribution in [-0.4, -0.2) is 12.1 Å². The summed E-state index contributed by atoms with van der Waals surface area (Å²) in [6.07, 6.45) is 12.0. The molecule has 14 heavy (non-hydrogen) atoms. The summed E-state index contributed by atoms with van der Waals surface area (Å²) in [5, 5.41) is 0. The molecule has 1 aliphatic carbocycles. The van der Waals surface area contributed by atoms with Crippen LogP contribution in [0.25, 0.3) is 0 Å². The first-order valence-corrected chi connectivity index (χ1v) is 5.19. The number of allylic oxidation sites excluding steroid dienone is 3. The second-order valence-electron chi connectivity index (χ2n) is 3.74. The van der Waals surface area contributed by atoms with Crippen molar-refractivity contribution in [2.75, 3.05) is 0 Å².